The largest absolute Gasteiger partial charge is 0.397 e. The average Bonchev–Trinajstić information content (AvgIpc) is 2.72. The van der Waals surface area contributed by atoms with E-state index in [0.29, 0.717) is 5.69 Å². The Kier molecular flexibility index (Phi) is 2.59. The third kappa shape index (κ3) is 1.99. The van der Waals surface area contributed by atoms with Gasteiger partial charge in [0.2, 0.25) is 0 Å². The van der Waals surface area contributed by atoms with Gasteiger partial charge >= 0.3 is 0 Å². The van der Waals surface area contributed by atoms with Crippen LogP contribution in [0.3, 0.4) is 0 Å². The zero-order valence-corrected chi connectivity index (χ0v) is 10.9. The predicted molar refractivity (Wildman–Crippen MR) is 77.4 cm³/mol. The molecule has 2 aromatic heterocycles. The zero-order valence-electron chi connectivity index (χ0n) is 10.9. The summed E-state index contributed by atoms with van der Waals surface area (Å²) in [6, 6.07) is 7.74. The van der Waals surface area contributed by atoms with Crippen LogP contribution in [0.15, 0.2) is 36.7 Å². The maximum Gasteiger partial charge on any atom is 0.0951 e. The van der Waals surface area contributed by atoms with Crippen LogP contribution >= 0.6 is 0 Å². The molecule has 0 saturated carbocycles. The van der Waals surface area contributed by atoms with E-state index in [4.69, 9.17) is 5.73 Å². The van der Waals surface area contributed by atoms with E-state index in [1.165, 1.54) is 0 Å². The monoisotopic (exact) mass is 253 g/mol. The first kappa shape index (κ1) is 11.5. The molecule has 0 spiro atoms. The summed E-state index contributed by atoms with van der Waals surface area (Å²) in [5.41, 5.74) is 10.4. The molecule has 0 saturated heterocycles. The molecule has 0 unspecified atom stereocenters. The molecule has 0 fully saturated rings. The van der Waals surface area contributed by atoms with Crippen LogP contribution in [-0.4, -0.2) is 14.8 Å². The summed E-state index contributed by atoms with van der Waals surface area (Å²) in [7, 11) is 1.90. The minimum Gasteiger partial charge on any atom is -0.397 e. The van der Waals surface area contributed by atoms with E-state index < -0.39 is 0 Å². The number of anilines is 3. The molecule has 96 valence electrons. The van der Waals surface area contributed by atoms with Crippen LogP contribution in [0.25, 0.3) is 10.9 Å². The van der Waals surface area contributed by atoms with Crippen molar-refractivity contribution >= 4 is 28.0 Å². The summed E-state index contributed by atoms with van der Waals surface area (Å²) >= 11 is 0. The van der Waals surface area contributed by atoms with Crippen molar-refractivity contribution < 1.29 is 0 Å². The van der Waals surface area contributed by atoms with E-state index in [2.05, 4.69) is 15.4 Å². The lowest BCUT2D eigenvalue weighted by Crippen LogP contribution is -1.95. The Morgan fingerprint density at radius 3 is 2.79 bits per heavy atom. The quantitative estimate of drug-likeness (QED) is 0.689. The van der Waals surface area contributed by atoms with Crippen molar-refractivity contribution in [2.45, 2.75) is 6.92 Å². The molecule has 1 aromatic carbocycles. The van der Waals surface area contributed by atoms with E-state index in [0.717, 1.165) is 28.0 Å². The van der Waals surface area contributed by atoms with Crippen LogP contribution in [0.2, 0.25) is 0 Å². The Balaban J connectivity index is 2.11. The standard InChI is InChI=1S/C14H15N5/c1-9-13(8-19(2)18-9)17-12-6-5-11(15)14-10(12)4-3-7-16-14/h3-8,17H,15H2,1-2H3. The van der Waals surface area contributed by atoms with Gasteiger partial charge < -0.3 is 11.1 Å². The molecular weight excluding hydrogens is 238 g/mol. The van der Waals surface area contributed by atoms with Gasteiger partial charge in [-0.3, -0.25) is 9.67 Å². The van der Waals surface area contributed by atoms with Gasteiger partial charge in [0.15, 0.2) is 0 Å². The summed E-state index contributed by atoms with van der Waals surface area (Å²) in [5.74, 6) is 0. The number of hydrogen-bond acceptors (Lipinski definition) is 4. The van der Waals surface area contributed by atoms with Crippen molar-refractivity contribution in [3.05, 3.63) is 42.4 Å². The van der Waals surface area contributed by atoms with Crippen LogP contribution in [0.1, 0.15) is 5.69 Å². The predicted octanol–water partition coefficient (Wildman–Crippen LogP) is 2.60. The lowest BCUT2D eigenvalue weighted by Gasteiger charge is -2.09. The highest BCUT2D eigenvalue weighted by Crippen LogP contribution is 2.29. The number of fused-ring (bicyclic) bond motifs is 1. The molecule has 0 amide bonds. The first-order valence-corrected chi connectivity index (χ1v) is 6.05. The fraction of sp³-hybridized carbons (Fsp3) is 0.143. The molecule has 0 atom stereocenters. The molecule has 0 aliphatic carbocycles. The smallest absolute Gasteiger partial charge is 0.0951 e. The molecular formula is C14H15N5. The van der Waals surface area contributed by atoms with Gasteiger partial charge in [0.25, 0.3) is 0 Å². The van der Waals surface area contributed by atoms with E-state index in [-0.39, 0.29) is 0 Å². The second kappa shape index (κ2) is 4.28. The number of aryl methyl sites for hydroxylation is 2. The van der Waals surface area contributed by atoms with E-state index in [1.54, 1.807) is 10.9 Å². The number of hydrogen-bond donors (Lipinski definition) is 2. The van der Waals surface area contributed by atoms with Crippen LogP contribution in [0, 0.1) is 6.92 Å². The molecule has 0 aliphatic rings. The second-order valence-electron chi connectivity index (χ2n) is 4.53. The summed E-state index contributed by atoms with van der Waals surface area (Å²) in [4.78, 5) is 4.32. The first-order chi connectivity index (χ1) is 9.15. The number of aromatic nitrogens is 3. The molecule has 3 rings (SSSR count). The zero-order chi connectivity index (χ0) is 13.4. The van der Waals surface area contributed by atoms with Crippen LogP contribution < -0.4 is 11.1 Å². The lowest BCUT2D eigenvalue weighted by atomic mass is 10.1. The molecule has 3 aromatic rings. The Morgan fingerprint density at radius 1 is 1.21 bits per heavy atom. The normalized spacial score (nSPS) is 10.8. The minimum absolute atomic E-state index is 0.684. The molecule has 0 aliphatic heterocycles. The minimum atomic E-state index is 0.684. The molecule has 0 bridgehead atoms. The summed E-state index contributed by atoms with van der Waals surface area (Å²) in [5, 5.41) is 8.71. The first-order valence-electron chi connectivity index (χ1n) is 6.05. The van der Waals surface area contributed by atoms with Crippen molar-refractivity contribution in [2.75, 3.05) is 11.1 Å². The van der Waals surface area contributed by atoms with Gasteiger partial charge in [-0.15, -0.1) is 0 Å². The number of benzene rings is 1. The van der Waals surface area contributed by atoms with Gasteiger partial charge in [0, 0.05) is 30.5 Å². The average molecular weight is 253 g/mol. The highest BCUT2D eigenvalue weighted by Gasteiger charge is 2.08. The van der Waals surface area contributed by atoms with Gasteiger partial charge in [-0.25, -0.2) is 0 Å². The molecule has 0 radical (unpaired) electrons. The topological polar surface area (TPSA) is 68.8 Å². The fourth-order valence-electron chi connectivity index (χ4n) is 2.17. The fourth-order valence-corrected chi connectivity index (χ4v) is 2.17. The van der Waals surface area contributed by atoms with Gasteiger partial charge in [-0.05, 0) is 31.2 Å². The van der Waals surface area contributed by atoms with Crippen molar-refractivity contribution in [1.29, 1.82) is 0 Å². The maximum absolute atomic E-state index is 5.95. The lowest BCUT2D eigenvalue weighted by molar-refractivity contribution is 0.756. The molecule has 3 N–H and O–H groups in total. The second-order valence-corrected chi connectivity index (χ2v) is 4.53. The number of nitrogens with zero attached hydrogens (tertiary/aromatic N) is 3. The SMILES string of the molecule is Cc1nn(C)cc1Nc1ccc(N)c2ncccc12. The van der Waals surface area contributed by atoms with E-state index in [1.807, 2.05) is 44.4 Å². The molecule has 19 heavy (non-hydrogen) atoms. The van der Waals surface area contributed by atoms with Crippen molar-refractivity contribution in [3.63, 3.8) is 0 Å². The highest BCUT2D eigenvalue weighted by molar-refractivity contribution is 5.99. The maximum atomic E-state index is 5.95. The number of nitrogen functional groups attached to an aromatic ring is 1. The van der Waals surface area contributed by atoms with Crippen molar-refractivity contribution in [1.82, 2.24) is 14.8 Å². The van der Waals surface area contributed by atoms with Crippen molar-refractivity contribution in [3.8, 4) is 0 Å². The summed E-state index contributed by atoms with van der Waals surface area (Å²) in [6.07, 6.45) is 3.70. The van der Waals surface area contributed by atoms with Crippen LogP contribution in [0.5, 0.6) is 0 Å². The highest BCUT2D eigenvalue weighted by atomic mass is 15.3. The van der Waals surface area contributed by atoms with Gasteiger partial charge in [-0.1, -0.05) is 0 Å². The van der Waals surface area contributed by atoms with Gasteiger partial charge in [0.05, 0.1) is 22.6 Å². The third-order valence-corrected chi connectivity index (χ3v) is 3.08. The van der Waals surface area contributed by atoms with E-state index in [9.17, 15) is 0 Å². The molecule has 5 nitrogen and oxygen atoms in total. The van der Waals surface area contributed by atoms with Gasteiger partial charge in [-0.2, -0.15) is 5.10 Å². The summed E-state index contributed by atoms with van der Waals surface area (Å²) in [6.45, 7) is 1.97. The van der Waals surface area contributed by atoms with Crippen molar-refractivity contribution in [2.24, 2.45) is 7.05 Å². The van der Waals surface area contributed by atoms with Crippen LogP contribution in [0.4, 0.5) is 17.1 Å². The Morgan fingerprint density at radius 2 is 2.05 bits per heavy atom. The van der Waals surface area contributed by atoms with Gasteiger partial charge in [0.1, 0.15) is 0 Å². The number of rotatable bonds is 2. The van der Waals surface area contributed by atoms with E-state index >= 15 is 0 Å². The summed E-state index contributed by atoms with van der Waals surface area (Å²) < 4.78 is 1.79. The Labute approximate surface area is 111 Å². The number of nitrogens with one attached hydrogen (secondary N) is 1. The third-order valence-electron chi connectivity index (χ3n) is 3.08. The molecule has 2 heterocycles. The molecule has 5 heteroatoms. The van der Waals surface area contributed by atoms with Crippen LogP contribution in [-0.2, 0) is 7.05 Å². The Bertz CT molecular complexity index is 745. The number of pyridine rings is 1. The Hall–Kier alpha value is -2.56. The number of nitrogens with two attached hydrogens (primary N) is 1.